The summed E-state index contributed by atoms with van der Waals surface area (Å²) in [7, 11) is 0. The highest BCUT2D eigenvalue weighted by molar-refractivity contribution is 8.00. The van der Waals surface area contributed by atoms with Crippen LogP contribution >= 0.6 is 11.8 Å². The van der Waals surface area contributed by atoms with Crippen molar-refractivity contribution in [2.75, 3.05) is 5.75 Å². The highest BCUT2D eigenvalue weighted by atomic mass is 32.2. The molecule has 0 aliphatic heterocycles. The molecule has 1 aromatic carbocycles. The number of nitrogens with one attached hydrogen (secondary N) is 1. The summed E-state index contributed by atoms with van der Waals surface area (Å²) in [6.45, 7) is 2.70. The normalized spacial score (nSPS) is 18.5. The second kappa shape index (κ2) is 8.93. The van der Waals surface area contributed by atoms with E-state index < -0.39 is 11.2 Å². The van der Waals surface area contributed by atoms with Crippen LogP contribution in [0.5, 0.6) is 0 Å². The van der Waals surface area contributed by atoms with Crippen LogP contribution in [0.4, 0.5) is 0 Å². The minimum atomic E-state index is -0.480. The number of thioether (sulfide) groups is 1. The van der Waals surface area contributed by atoms with Gasteiger partial charge in [0.05, 0.1) is 5.75 Å². The van der Waals surface area contributed by atoms with Crippen molar-refractivity contribution in [1.82, 2.24) is 24.4 Å². The van der Waals surface area contributed by atoms with Crippen molar-refractivity contribution in [2.45, 2.75) is 75.0 Å². The first-order chi connectivity index (χ1) is 17.0. The lowest BCUT2D eigenvalue weighted by Gasteiger charge is -2.29. The molecule has 0 radical (unpaired) electrons. The van der Waals surface area contributed by atoms with Gasteiger partial charge in [0.2, 0.25) is 5.91 Å². The maximum absolute atomic E-state index is 13.5. The van der Waals surface area contributed by atoms with Gasteiger partial charge in [-0.15, -0.1) is 0 Å². The van der Waals surface area contributed by atoms with Crippen LogP contribution in [0.3, 0.4) is 0 Å². The Hall–Kier alpha value is -2.94. The van der Waals surface area contributed by atoms with Crippen LogP contribution in [-0.2, 0) is 11.3 Å². The van der Waals surface area contributed by atoms with Crippen LogP contribution < -0.4 is 11.2 Å². The Labute approximate surface area is 207 Å². The quantitative estimate of drug-likeness (QED) is 0.363. The highest BCUT2D eigenvalue weighted by Crippen LogP contribution is 2.41. The Balaban J connectivity index is 1.32. The van der Waals surface area contributed by atoms with E-state index in [1.54, 1.807) is 4.57 Å². The Morgan fingerprint density at radius 3 is 2.51 bits per heavy atom. The number of H-pyrrole nitrogens is 1. The molecule has 3 aromatic rings. The summed E-state index contributed by atoms with van der Waals surface area (Å²) >= 11 is 1.29. The predicted octanol–water partition coefficient (Wildman–Crippen LogP) is 3.61. The van der Waals surface area contributed by atoms with Crippen LogP contribution in [0, 0.1) is 5.92 Å². The smallest absolute Gasteiger partial charge is 0.330 e. The zero-order valence-corrected chi connectivity index (χ0v) is 20.6. The van der Waals surface area contributed by atoms with Gasteiger partial charge < -0.3 is 4.90 Å². The molecule has 3 saturated carbocycles. The van der Waals surface area contributed by atoms with Crippen molar-refractivity contribution in [2.24, 2.45) is 5.92 Å². The molecule has 1 atom stereocenters. The molecular weight excluding hydrogens is 462 g/mol. The van der Waals surface area contributed by atoms with Crippen LogP contribution in [-0.4, -0.2) is 42.1 Å². The van der Waals surface area contributed by atoms with Gasteiger partial charge >= 0.3 is 5.69 Å². The summed E-state index contributed by atoms with van der Waals surface area (Å²) in [6, 6.07) is 10.3. The SMILES string of the molecule is C[C@@H](C1CC1)N(Cc1ccccc1)C(=O)CSc1nc(C2CC2)nc2c1c(=O)[nH]c(=O)n2C1CC1. The number of aromatic amines is 1. The van der Waals surface area contributed by atoms with Gasteiger partial charge in [-0.25, -0.2) is 14.8 Å². The number of benzene rings is 1. The first-order valence-electron chi connectivity index (χ1n) is 12.5. The summed E-state index contributed by atoms with van der Waals surface area (Å²) in [5.41, 5.74) is 0.629. The Morgan fingerprint density at radius 1 is 1.11 bits per heavy atom. The Morgan fingerprint density at radius 2 is 1.86 bits per heavy atom. The number of amides is 1. The molecule has 8 nitrogen and oxygen atoms in total. The molecule has 182 valence electrons. The van der Waals surface area contributed by atoms with Crippen LogP contribution in [0.25, 0.3) is 11.0 Å². The molecule has 9 heteroatoms. The zero-order valence-electron chi connectivity index (χ0n) is 19.8. The molecule has 0 bridgehead atoms. The van der Waals surface area contributed by atoms with E-state index in [2.05, 4.69) is 16.9 Å². The van der Waals surface area contributed by atoms with E-state index in [9.17, 15) is 14.4 Å². The largest absolute Gasteiger partial charge is 0.335 e. The minimum absolute atomic E-state index is 0.0323. The second-order valence-corrected chi connectivity index (χ2v) is 11.1. The van der Waals surface area contributed by atoms with Gasteiger partial charge in [-0.2, -0.15) is 0 Å². The van der Waals surface area contributed by atoms with Crippen LogP contribution in [0.2, 0.25) is 0 Å². The van der Waals surface area contributed by atoms with E-state index in [0.29, 0.717) is 34.3 Å². The fraction of sp³-hybridized carbons (Fsp3) is 0.500. The number of carbonyl (C=O) groups is 1. The first kappa shape index (κ1) is 22.5. The monoisotopic (exact) mass is 491 g/mol. The van der Waals surface area contributed by atoms with Crippen molar-refractivity contribution >= 4 is 28.7 Å². The third-order valence-electron chi connectivity index (χ3n) is 7.27. The molecule has 1 amide bonds. The highest BCUT2D eigenvalue weighted by Gasteiger charge is 2.35. The van der Waals surface area contributed by atoms with Gasteiger partial charge in [0.25, 0.3) is 5.56 Å². The van der Waals surface area contributed by atoms with Gasteiger partial charge in [-0.3, -0.25) is 19.1 Å². The lowest BCUT2D eigenvalue weighted by Crippen LogP contribution is -2.40. The number of hydrogen-bond acceptors (Lipinski definition) is 6. The van der Waals surface area contributed by atoms with Gasteiger partial charge in [0.15, 0.2) is 5.65 Å². The van der Waals surface area contributed by atoms with E-state index in [4.69, 9.17) is 4.98 Å². The molecule has 6 rings (SSSR count). The summed E-state index contributed by atoms with van der Waals surface area (Å²) < 4.78 is 1.62. The molecule has 3 fully saturated rings. The van der Waals surface area contributed by atoms with Gasteiger partial charge in [-0.1, -0.05) is 42.1 Å². The third kappa shape index (κ3) is 4.66. The van der Waals surface area contributed by atoms with Crippen molar-refractivity contribution in [3.05, 3.63) is 62.6 Å². The molecule has 3 aliphatic carbocycles. The number of hydrogen-bond donors (Lipinski definition) is 1. The van der Waals surface area contributed by atoms with Gasteiger partial charge in [0, 0.05) is 24.5 Å². The average Bonchev–Trinajstić information content (AvgIpc) is 3.71. The molecule has 0 spiro atoms. The third-order valence-corrected chi connectivity index (χ3v) is 8.23. The number of rotatable bonds is 9. The molecular formula is C26H29N5O3S. The predicted molar refractivity (Wildman–Crippen MR) is 135 cm³/mol. The van der Waals surface area contributed by atoms with E-state index in [-0.39, 0.29) is 29.7 Å². The summed E-state index contributed by atoms with van der Waals surface area (Å²) in [5.74, 6) is 1.71. The lowest BCUT2D eigenvalue weighted by atomic mass is 10.1. The first-order valence-corrected chi connectivity index (χ1v) is 13.5. The van der Waals surface area contributed by atoms with E-state index in [0.717, 1.165) is 44.1 Å². The fourth-order valence-electron chi connectivity index (χ4n) is 4.72. The van der Waals surface area contributed by atoms with E-state index in [1.807, 2.05) is 35.2 Å². The van der Waals surface area contributed by atoms with Crippen LogP contribution in [0.15, 0.2) is 44.9 Å². The topological polar surface area (TPSA) is 101 Å². The molecule has 1 N–H and O–H groups in total. The van der Waals surface area contributed by atoms with Crippen LogP contribution in [0.1, 0.15) is 68.8 Å². The standard InChI is InChI=1S/C26H29N5O3S/c1-15(17-7-8-17)30(13-16-5-3-2-4-6-16)20(32)14-35-25-21-23(27-22(28-25)18-9-10-18)31(19-11-12-19)26(34)29-24(21)33/h2-6,15,17-19H,7-14H2,1H3,(H,29,33,34)/t15-/m0/s1. The molecule has 35 heavy (non-hydrogen) atoms. The Bertz CT molecular complexity index is 1390. The maximum Gasteiger partial charge on any atom is 0.330 e. The lowest BCUT2D eigenvalue weighted by molar-refractivity contribution is -0.131. The summed E-state index contributed by atoms with van der Waals surface area (Å²) in [4.78, 5) is 52.8. The minimum Gasteiger partial charge on any atom is -0.335 e. The van der Waals surface area contributed by atoms with Gasteiger partial charge in [-0.05, 0) is 56.9 Å². The van der Waals surface area contributed by atoms with Crippen molar-refractivity contribution in [3.63, 3.8) is 0 Å². The average molecular weight is 492 g/mol. The second-order valence-electron chi connectivity index (χ2n) is 10.1. The number of carbonyl (C=O) groups excluding carboxylic acids is 1. The van der Waals surface area contributed by atoms with E-state index >= 15 is 0 Å². The number of aromatic nitrogens is 4. The molecule has 3 aliphatic rings. The zero-order chi connectivity index (χ0) is 24.1. The van der Waals surface area contributed by atoms with Crippen molar-refractivity contribution in [3.8, 4) is 0 Å². The molecule has 2 heterocycles. The van der Waals surface area contributed by atoms with Crippen molar-refractivity contribution < 1.29 is 4.79 Å². The fourth-order valence-corrected chi connectivity index (χ4v) is 5.63. The van der Waals surface area contributed by atoms with E-state index in [1.165, 1.54) is 11.8 Å². The molecule has 0 unspecified atom stereocenters. The Kier molecular flexibility index (Phi) is 5.75. The molecule has 0 saturated heterocycles. The molecule has 2 aromatic heterocycles. The van der Waals surface area contributed by atoms with Crippen molar-refractivity contribution in [1.29, 1.82) is 0 Å². The number of fused-ring (bicyclic) bond motifs is 1. The summed E-state index contributed by atoms with van der Waals surface area (Å²) in [5, 5.41) is 0.822. The summed E-state index contributed by atoms with van der Waals surface area (Å²) in [6.07, 6.45) is 6.13. The maximum atomic E-state index is 13.5. The number of nitrogens with zero attached hydrogens (tertiary/aromatic N) is 4. The van der Waals surface area contributed by atoms with Gasteiger partial charge in [0.1, 0.15) is 16.2 Å².